The van der Waals surface area contributed by atoms with Gasteiger partial charge in [0.2, 0.25) is 11.8 Å². The van der Waals surface area contributed by atoms with Gasteiger partial charge in [0.05, 0.1) is 13.2 Å². The van der Waals surface area contributed by atoms with Crippen molar-refractivity contribution in [1.82, 2.24) is 10.2 Å². The lowest BCUT2D eigenvalue weighted by molar-refractivity contribution is -0.140. The topological polar surface area (TPSA) is 67.9 Å². The van der Waals surface area contributed by atoms with E-state index in [9.17, 15) is 9.59 Å². The van der Waals surface area contributed by atoms with Crippen molar-refractivity contribution >= 4 is 11.8 Å². The highest BCUT2D eigenvalue weighted by molar-refractivity contribution is 5.87. The minimum absolute atomic E-state index is 0.0662. The molecule has 2 amide bonds. The van der Waals surface area contributed by atoms with Crippen LogP contribution < -0.4 is 14.8 Å². The van der Waals surface area contributed by atoms with Gasteiger partial charge in [0.15, 0.2) is 11.5 Å². The summed E-state index contributed by atoms with van der Waals surface area (Å²) in [6.07, 6.45) is 0.850. The number of ether oxygens (including phenoxy) is 2. The molecule has 0 aliphatic heterocycles. The number of hydrogen-bond donors (Lipinski definition) is 1. The predicted octanol–water partition coefficient (Wildman–Crippen LogP) is 3.89. The van der Waals surface area contributed by atoms with Crippen molar-refractivity contribution in [3.05, 3.63) is 59.2 Å². The molecular weight excluding hydrogens is 392 g/mol. The number of rotatable bonds is 11. The first-order valence-corrected chi connectivity index (χ1v) is 10.8. The van der Waals surface area contributed by atoms with E-state index in [1.807, 2.05) is 63.2 Å². The molecule has 6 heteroatoms. The maximum absolute atomic E-state index is 13.1. The highest BCUT2D eigenvalue weighted by Gasteiger charge is 2.25. The van der Waals surface area contributed by atoms with Crippen molar-refractivity contribution in [2.24, 2.45) is 0 Å². The zero-order valence-corrected chi connectivity index (χ0v) is 19.2. The third-order valence-corrected chi connectivity index (χ3v) is 5.12. The summed E-state index contributed by atoms with van der Waals surface area (Å²) in [6.45, 7) is 9.12. The van der Waals surface area contributed by atoms with E-state index < -0.39 is 6.04 Å². The molecule has 0 fully saturated rings. The van der Waals surface area contributed by atoms with Gasteiger partial charge in [0.1, 0.15) is 6.04 Å². The molecular formula is C25H34N2O4. The normalized spacial score (nSPS) is 11.5. The molecule has 1 N–H and O–H groups in total. The van der Waals surface area contributed by atoms with E-state index in [0.29, 0.717) is 44.1 Å². The van der Waals surface area contributed by atoms with Crippen LogP contribution in [0.4, 0.5) is 0 Å². The van der Waals surface area contributed by atoms with Crippen LogP contribution in [0.2, 0.25) is 0 Å². The molecule has 0 radical (unpaired) electrons. The number of hydrogen-bond acceptors (Lipinski definition) is 4. The first-order chi connectivity index (χ1) is 14.9. The summed E-state index contributed by atoms with van der Waals surface area (Å²) >= 11 is 0. The fraction of sp³-hybridized carbons (Fsp3) is 0.440. The van der Waals surface area contributed by atoms with Gasteiger partial charge in [-0.25, -0.2) is 0 Å². The molecule has 0 saturated carbocycles. The minimum Gasteiger partial charge on any atom is -0.490 e. The Morgan fingerprint density at radius 3 is 2.19 bits per heavy atom. The first-order valence-electron chi connectivity index (χ1n) is 10.8. The molecule has 1 atom stereocenters. The summed E-state index contributed by atoms with van der Waals surface area (Å²) in [5, 5.41) is 2.65. The van der Waals surface area contributed by atoms with E-state index >= 15 is 0 Å². The van der Waals surface area contributed by atoms with Crippen molar-refractivity contribution in [1.29, 1.82) is 0 Å². The van der Waals surface area contributed by atoms with E-state index in [4.69, 9.17) is 9.47 Å². The number of benzene rings is 2. The number of amides is 2. The third kappa shape index (κ3) is 7.02. The Bertz CT molecular complexity index is 864. The van der Waals surface area contributed by atoms with E-state index in [-0.39, 0.29) is 11.8 Å². The van der Waals surface area contributed by atoms with Gasteiger partial charge in [-0.1, -0.05) is 35.9 Å². The van der Waals surface area contributed by atoms with Crippen LogP contribution in [-0.2, 0) is 22.6 Å². The molecule has 0 saturated heterocycles. The lowest BCUT2D eigenvalue weighted by Gasteiger charge is -2.28. The highest BCUT2D eigenvalue weighted by atomic mass is 16.5. The monoisotopic (exact) mass is 426 g/mol. The Balaban J connectivity index is 2.14. The number of aryl methyl sites for hydroxylation is 2. The second-order valence-corrected chi connectivity index (χ2v) is 7.44. The third-order valence-electron chi connectivity index (χ3n) is 5.12. The van der Waals surface area contributed by atoms with Gasteiger partial charge in [-0.2, -0.15) is 0 Å². The summed E-state index contributed by atoms with van der Waals surface area (Å²) in [5.41, 5.74) is 3.14. The summed E-state index contributed by atoms with van der Waals surface area (Å²) in [4.78, 5) is 27.0. The molecule has 0 bridgehead atoms. The van der Waals surface area contributed by atoms with Gasteiger partial charge in [-0.15, -0.1) is 0 Å². The van der Waals surface area contributed by atoms with E-state index in [0.717, 1.165) is 16.7 Å². The fourth-order valence-electron chi connectivity index (χ4n) is 3.33. The van der Waals surface area contributed by atoms with Crippen molar-refractivity contribution in [3.63, 3.8) is 0 Å². The van der Waals surface area contributed by atoms with Crippen molar-refractivity contribution in [2.75, 3.05) is 20.3 Å². The fourth-order valence-corrected chi connectivity index (χ4v) is 3.33. The van der Waals surface area contributed by atoms with Crippen molar-refractivity contribution in [2.45, 2.75) is 53.1 Å². The number of likely N-dealkylation sites (N-methyl/N-ethyl adjacent to an activating group) is 1. The Kier molecular flexibility index (Phi) is 9.38. The second-order valence-electron chi connectivity index (χ2n) is 7.44. The largest absolute Gasteiger partial charge is 0.490 e. The zero-order chi connectivity index (χ0) is 22.8. The van der Waals surface area contributed by atoms with Crippen LogP contribution in [0.15, 0.2) is 42.5 Å². The molecule has 1 unspecified atom stereocenters. The van der Waals surface area contributed by atoms with E-state index in [1.54, 1.807) is 18.9 Å². The van der Waals surface area contributed by atoms with E-state index in [1.165, 1.54) is 0 Å². The average molecular weight is 427 g/mol. The lowest BCUT2D eigenvalue weighted by atomic mass is 10.1. The van der Waals surface area contributed by atoms with Crippen molar-refractivity contribution < 1.29 is 19.1 Å². The van der Waals surface area contributed by atoms with Crippen LogP contribution in [0, 0.1) is 6.92 Å². The maximum atomic E-state index is 13.1. The quantitative estimate of drug-likeness (QED) is 0.592. The maximum Gasteiger partial charge on any atom is 0.242 e. The van der Waals surface area contributed by atoms with Crippen LogP contribution in [0.25, 0.3) is 0 Å². The Labute approximate surface area is 185 Å². The average Bonchev–Trinajstić information content (AvgIpc) is 2.77. The van der Waals surface area contributed by atoms with Crippen molar-refractivity contribution in [3.8, 4) is 11.5 Å². The molecule has 2 aromatic rings. The van der Waals surface area contributed by atoms with Gasteiger partial charge < -0.3 is 19.7 Å². The van der Waals surface area contributed by atoms with Crippen LogP contribution >= 0.6 is 0 Å². The summed E-state index contributed by atoms with van der Waals surface area (Å²) in [7, 11) is 1.59. The van der Waals surface area contributed by atoms with Gasteiger partial charge in [-0.3, -0.25) is 9.59 Å². The summed E-state index contributed by atoms with van der Waals surface area (Å²) < 4.78 is 11.3. The van der Waals surface area contributed by atoms with Gasteiger partial charge in [0, 0.05) is 20.0 Å². The Hall–Kier alpha value is -3.02. The van der Waals surface area contributed by atoms with Gasteiger partial charge in [-0.05, 0) is 57.4 Å². The molecule has 168 valence electrons. The lowest BCUT2D eigenvalue weighted by Crippen LogP contribution is -2.46. The van der Waals surface area contributed by atoms with E-state index in [2.05, 4.69) is 5.32 Å². The van der Waals surface area contributed by atoms with Crippen LogP contribution in [0.3, 0.4) is 0 Å². The van der Waals surface area contributed by atoms with Crippen LogP contribution in [-0.4, -0.2) is 43.0 Å². The van der Waals surface area contributed by atoms with Crippen LogP contribution in [0.1, 0.15) is 43.9 Å². The molecule has 0 aliphatic rings. The molecule has 2 rings (SSSR count). The predicted molar refractivity (Wildman–Crippen MR) is 122 cm³/mol. The highest BCUT2D eigenvalue weighted by Crippen LogP contribution is 2.29. The molecule has 0 spiro atoms. The molecule has 0 aliphatic carbocycles. The van der Waals surface area contributed by atoms with Crippen LogP contribution in [0.5, 0.6) is 11.5 Å². The molecule has 2 aromatic carbocycles. The number of carbonyl (C=O) groups excluding carboxylic acids is 2. The van der Waals surface area contributed by atoms with Gasteiger partial charge >= 0.3 is 0 Å². The minimum atomic E-state index is -0.557. The summed E-state index contributed by atoms with van der Waals surface area (Å²) in [6, 6.07) is 13.2. The number of carbonyl (C=O) groups is 2. The Morgan fingerprint density at radius 1 is 0.968 bits per heavy atom. The Morgan fingerprint density at radius 2 is 1.58 bits per heavy atom. The summed E-state index contributed by atoms with van der Waals surface area (Å²) in [5.74, 6) is 1.14. The first kappa shape index (κ1) is 24.3. The molecule has 31 heavy (non-hydrogen) atoms. The number of nitrogens with zero attached hydrogens (tertiary/aromatic N) is 1. The molecule has 0 aromatic heterocycles. The molecule has 0 heterocycles. The molecule has 6 nitrogen and oxygen atoms in total. The van der Waals surface area contributed by atoms with Gasteiger partial charge in [0.25, 0.3) is 0 Å². The standard InChI is InChI=1S/C25H34N2O4/c1-6-30-22-14-12-20(16-23(22)31-7-2)13-15-24(28)27(19(4)25(29)26-5)17-21-10-8-18(3)9-11-21/h8-12,14,16,19H,6-7,13,15,17H2,1-5H3,(H,26,29). The SMILES string of the molecule is CCOc1ccc(CCC(=O)N(Cc2ccc(C)cc2)C(C)C(=O)NC)cc1OCC. The number of nitrogens with one attached hydrogen (secondary N) is 1. The zero-order valence-electron chi connectivity index (χ0n) is 19.2. The second kappa shape index (κ2) is 12.0. The smallest absolute Gasteiger partial charge is 0.242 e.